The Morgan fingerprint density at radius 3 is 2.80 bits per heavy atom. The van der Waals surface area contributed by atoms with Crippen LogP contribution in [0.1, 0.15) is 25.1 Å². The molecule has 1 aromatic heterocycles. The molecular weight excluding hydrogens is 316 g/mol. The normalized spacial score (nSPS) is 10.9. The fourth-order valence-corrected chi connectivity index (χ4v) is 2.24. The summed E-state index contributed by atoms with van der Waals surface area (Å²) in [5.74, 6) is 0.666. The number of aromatic nitrogens is 2. The lowest BCUT2D eigenvalue weighted by atomic mass is 9.84. The summed E-state index contributed by atoms with van der Waals surface area (Å²) in [4.78, 5) is 7.97. The maximum atomic E-state index is 8.83. The third-order valence-corrected chi connectivity index (χ3v) is 3.59. The van der Waals surface area contributed by atoms with Crippen molar-refractivity contribution in [2.45, 2.75) is 19.3 Å². The van der Waals surface area contributed by atoms with E-state index >= 15 is 0 Å². The van der Waals surface area contributed by atoms with E-state index in [1.165, 1.54) is 11.9 Å². The molecule has 0 saturated carbocycles. The van der Waals surface area contributed by atoms with E-state index in [0.717, 1.165) is 4.47 Å². The zero-order valence-corrected chi connectivity index (χ0v) is 13.0. The molecule has 0 aliphatic rings. The minimum atomic E-state index is -0.0540. The van der Waals surface area contributed by atoms with Crippen LogP contribution in [0, 0.1) is 11.3 Å². The summed E-state index contributed by atoms with van der Waals surface area (Å²) in [6.45, 7) is 5.04. The smallest absolute Gasteiger partial charge is 0.145 e. The molecule has 0 unspecified atom stereocenters. The highest BCUT2D eigenvalue weighted by atomic mass is 79.9. The number of nitrogens with one attached hydrogen (secondary N) is 1. The summed E-state index contributed by atoms with van der Waals surface area (Å²) < 4.78 is 1.07. The van der Waals surface area contributed by atoms with Gasteiger partial charge in [-0.2, -0.15) is 5.26 Å². The quantitative estimate of drug-likeness (QED) is 0.931. The minimum absolute atomic E-state index is 0.0540. The molecule has 1 N–H and O–H groups in total. The zero-order chi connectivity index (χ0) is 14.6. The Bertz CT molecular complexity index is 646. The molecule has 102 valence electrons. The number of benzene rings is 1. The molecule has 1 heterocycles. The van der Waals surface area contributed by atoms with Crippen LogP contribution in [-0.2, 0) is 5.41 Å². The predicted molar refractivity (Wildman–Crippen MR) is 82.4 cm³/mol. The summed E-state index contributed by atoms with van der Waals surface area (Å²) in [6, 6.07) is 11.9. The maximum Gasteiger partial charge on any atom is 0.145 e. The molecule has 0 bridgehead atoms. The molecule has 2 rings (SSSR count). The number of hydrogen-bond acceptors (Lipinski definition) is 4. The Hall–Kier alpha value is -1.93. The van der Waals surface area contributed by atoms with Crippen LogP contribution in [0.15, 0.2) is 41.1 Å². The van der Waals surface area contributed by atoms with Gasteiger partial charge in [-0.15, -0.1) is 0 Å². The Morgan fingerprint density at radius 1 is 1.30 bits per heavy atom. The Morgan fingerprint density at radius 2 is 2.10 bits per heavy atom. The van der Waals surface area contributed by atoms with E-state index in [0.29, 0.717) is 18.1 Å². The van der Waals surface area contributed by atoms with Crippen molar-refractivity contribution in [3.05, 3.63) is 52.4 Å². The van der Waals surface area contributed by atoms with E-state index in [-0.39, 0.29) is 5.41 Å². The topological polar surface area (TPSA) is 61.6 Å². The van der Waals surface area contributed by atoms with Gasteiger partial charge < -0.3 is 5.32 Å². The molecule has 5 heteroatoms. The SMILES string of the molecule is CC(C)(CNc1cc(C#N)ncn1)c1cccc(Br)c1. The third kappa shape index (κ3) is 3.55. The van der Waals surface area contributed by atoms with E-state index < -0.39 is 0 Å². The van der Waals surface area contributed by atoms with Crippen molar-refractivity contribution in [1.82, 2.24) is 9.97 Å². The molecule has 0 aliphatic heterocycles. The van der Waals surface area contributed by atoms with Crippen molar-refractivity contribution < 1.29 is 0 Å². The van der Waals surface area contributed by atoms with Gasteiger partial charge in [0.1, 0.15) is 23.9 Å². The van der Waals surface area contributed by atoms with Crippen LogP contribution < -0.4 is 5.32 Å². The molecule has 0 aliphatic carbocycles. The van der Waals surface area contributed by atoms with Crippen molar-refractivity contribution in [3.63, 3.8) is 0 Å². The number of anilines is 1. The average molecular weight is 331 g/mol. The molecule has 1 aromatic carbocycles. The molecule has 0 radical (unpaired) electrons. The molecule has 0 spiro atoms. The molecule has 0 saturated heterocycles. The van der Waals surface area contributed by atoms with Gasteiger partial charge in [-0.25, -0.2) is 9.97 Å². The van der Waals surface area contributed by atoms with Crippen LogP contribution in [0.25, 0.3) is 0 Å². The number of halogens is 1. The van der Waals surface area contributed by atoms with Gasteiger partial charge in [-0.3, -0.25) is 0 Å². The fraction of sp³-hybridized carbons (Fsp3) is 0.267. The Kier molecular flexibility index (Phi) is 4.35. The number of nitriles is 1. The summed E-state index contributed by atoms with van der Waals surface area (Å²) in [7, 11) is 0. The van der Waals surface area contributed by atoms with Crippen molar-refractivity contribution in [3.8, 4) is 6.07 Å². The molecular formula is C15H15BrN4. The van der Waals surface area contributed by atoms with Crippen molar-refractivity contribution in [2.24, 2.45) is 0 Å². The lowest BCUT2D eigenvalue weighted by Gasteiger charge is -2.26. The summed E-state index contributed by atoms with van der Waals surface area (Å²) in [5, 5.41) is 12.1. The van der Waals surface area contributed by atoms with Crippen LogP contribution in [0.5, 0.6) is 0 Å². The molecule has 0 fully saturated rings. The Labute approximate surface area is 127 Å². The first-order valence-electron chi connectivity index (χ1n) is 6.23. The highest BCUT2D eigenvalue weighted by Gasteiger charge is 2.20. The highest BCUT2D eigenvalue weighted by molar-refractivity contribution is 9.10. The van der Waals surface area contributed by atoms with Gasteiger partial charge in [-0.05, 0) is 17.7 Å². The first kappa shape index (κ1) is 14.5. The average Bonchev–Trinajstić information content (AvgIpc) is 2.45. The maximum absolute atomic E-state index is 8.83. The van der Waals surface area contributed by atoms with Crippen LogP contribution in [0.4, 0.5) is 5.82 Å². The largest absolute Gasteiger partial charge is 0.369 e. The molecule has 0 amide bonds. The van der Waals surface area contributed by atoms with Gasteiger partial charge in [0, 0.05) is 22.5 Å². The lowest BCUT2D eigenvalue weighted by molar-refractivity contribution is 0.556. The third-order valence-electron chi connectivity index (χ3n) is 3.10. The van der Waals surface area contributed by atoms with Gasteiger partial charge in [0.05, 0.1) is 0 Å². The van der Waals surface area contributed by atoms with Crippen LogP contribution in [-0.4, -0.2) is 16.5 Å². The second kappa shape index (κ2) is 6.02. The van der Waals surface area contributed by atoms with Gasteiger partial charge in [-0.1, -0.05) is 41.9 Å². The summed E-state index contributed by atoms with van der Waals surface area (Å²) in [6.07, 6.45) is 1.40. The van der Waals surface area contributed by atoms with Crippen LogP contribution in [0.3, 0.4) is 0 Å². The van der Waals surface area contributed by atoms with E-state index in [4.69, 9.17) is 5.26 Å². The molecule has 20 heavy (non-hydrogen) atoms. The minimum Gasteiger partial charge on any atom is -0.369 e. The molecule has 2 aromatic rings. The zero-order valence-electron chi connectivity index (χ0n) is 11.4. The van der Waals surface area contributed by atoms with Crippen LogP contribution >= 0.6 is 15.9 Å². The number of nitrogens with zero attached hydrogens (tertiary/aromatic N) is 3. The molecule has 0 atom stereocenters. The van der Waals surface area contributed by atoms with E-state index in [2.05, 4.69) is 57.2 Å². The summed E-state index contributed by atoms with van der Waals surface area (Å²) >= 11 is 3.49. The van der Waals surface area contributed by atoms with Gasteiger partial charge in [0.25, 0.3) is 0 Å². The van der Waals surface area contributed by atoms with Crippen LogP contribution in [0.2, 0.25) is 0 Å². The first-order valence-corrected chi connectivity index (χ1v) is 7.03. The second-order valence-electron chi connectivity index (χ2n) is 5.15. The van der Waals surface area contributed by atoms with Gasteiger partial charge in [0.15, 0.2) is 0 Å². The molecule has 4 nitrogen and oxygen atoms in total. The lowest BCUT2D eigenvalue weighted by Crippen LogP contribution is -2.28. The fourth-order valence-electron chi connectivity index (χ4n) is 1.84. The highest BCUT2D eigenvalue weighted by Crippen LogP contribution is 2.26. The van der Waals surface area contributed by atoms with Gasteiger partial charge in [0.2, 0.25) is 0 Å². The number of hydrogen-bond donors (Lipinski definition) is 1. The summed E-state index contributed by atoms with van der Waals surface area (Å²) in [5.41, 5.74) is 1.54. The second-order valence-corrected chi connectivity index (χ2v) is 6.06. The van der Waals surface area contributed by atoms with E-state index in [1.54, 1.807) is 6.07 Å². The Balaban J connectivity index is 2.11. The standard InChI is InChI=1S/C15H15BrN4/c1-15(2,11-4-3-5-12(16)6-11)9-18-14-7-13(8-17)19-10-20-14/h3-7,10H,9H2,1-2H3,(H,18,19,20). The predicted octanol–water partition coefficient (Wildman–Crippen LogP) is 3.50. The number of rotatable bonds is 4. The van der Waals surface area contributed by atoms with E-state index in [1.807, 2.05) is 18.2 Å². The van der Waals surface area contributed by atoms with Crippen molar-refractivity contribution >= 4 is 21.7 Å². The van der Waals surface area contributed by atoms with E-state index in [9.17, 15) is 0 Å². The van der Waals surface area contributed by atoms with Crippen molar-refractivity contribution in [2.75, 3.05) is 11.9 Å². The van der Waals surface area contributed by atoms with Gasteiger partial charge >= 0.3 is 0 Å². The first-order chi connectivity index (χ1) is 9.51. The monoisotopic (exact) mass is 330 g/mol. The van der Waals surface area contributed by atoms with Crippen molar-refractivity contribution in [1.29, 1.82) is 5.26 Å².